The van der Waals surface area contributed by atoms with E-state index in [-0.39, 0.29) is 6.79 Å². The second-order valence-electron chi connectivity index (χ2n) is 4.96. The van der Waals surface area contributed by atoms with Gasteiger partial charge in [-0.3, -0.25) is 4.79 Å². The van der Waals surface area contributed by atoms with Crippen molar-refractivity contribution in [1.82, 2.24) is 10.2 Å². The van der Waals surface area contributed by atoms with E-state index in [4.69, 9.17) is 9.47 Å². The second-order valence-corrected chi connectivity index (χ2v) is 5.81. The van der Waals surface area contributed by atoms with Crippen molar-refractivity contribution in [2.24, 2.45) is 0 Å². The molecule has 108 valence electrons. The molecular weight excluding hydrogens is 324 g/mol. The molecule has 0 atom stereocenters. The minimum absolute atomic E-state index is 0.188. The van der Waals surface area contributed by atoms with Gasteiger partial charge in [-0.2, -0.15) is 0 Å². The van der Waals surface area contributed by atoms with E-state index in [2.05, 4.69) is 26.1 Å². The maximum Gasteiger partial charge on any atom is 0.231 e. The number of ether oxygens (including phenoxy) is 2. The molecule has 2 aliphatic rings. The van der Waals surface area contributed by atoms with Crippen LogP contribution in [0.5, 0.6) is 11.5 Å². The number of aldehydes is 1. The predicted molar refractivity (Wildman–Crippen MR) is 78.7 cm³/mol. The van der Waals surface area contributed by atoms with E-state index in [1.807, 2.05) is 6.07 Å². The number of hydrogen-bond donors (Lipinski definition) is 1. The van der Waals surface area contributed by atoms with Gasteiger partial charge in [-0.25, -0.2) is 0 Å². The second kappa shape index (κ2) is 6.11. The Morgan fingerprint density at radius 2 is 2.05 bits per heavy atom. The van der Waals surface area contributed by atoms with Crippen molar-refractivity contribution in [2.45, 2.75) is 6.42 Å². The van der Waals surface area contributed by atoms with Crippen LogP contribution >= 0.6 is 15.9 Å². The summed E-state index contributed by atoms with van der Waals surface area (Å²) in [6.07, 6.45) is 1.70. The smallest absolute Gasteiger partial charge is 0.231 e. The Morgan fingerprint density at radius 3 is 2.80 bits per heavy atom. The lowest BCUT2D eigenvalue weighted by atomic mass is 10.1. The molecule has 0 aromatic heterocycles. The van der Waals surface area contributed by atoms with Crippen LogP contribution in [-0.4, -0.2) is 50.7 Å². The molecule has 0 spiro atoms. The summed E-state index contributed by atoms with van der Waals surface area (Å²) in [5, 5.41) is 3.35. The first-order chi connectivity index (χ1) is 9.79. The topological polar surface area (TPSA) is 50.8 Å². The molecule has 0 saturated carbocycles. The van der Waals surface area contributed by atoms with E-state index in [1.165, 1.54) is 0 Å². The van der Waals surface area contributed by atoms with Gasteiger partial charge in [0.25, 0.3) is 0 Å². The van der Waals surface area contributed by atoms with Crippen molar-refractivity contribution in [3.05, 3.63) is 21.7 Å². The first-order valence-electron chi connectivity index (χ1n) is 6.79. The van der Waals surface area contributed by atoms with Crippen LogP contribution in [-0.2, 0) is 6.42 Å². The van der Waals surface area contributed by atoms with Crippen molar-refractivity contribution in [3.63, 3.8) is 0 Å². The Bertz CT molecular complexity index is 516. The van der Waals surface area contributed by atoms with Gasteiger partial charge >= 0.3 is 0 Å². The number of halogens is 1. The largest absolute Gasteiger partial charge is 0.453 e. The van der Waals surface area contributed by atoms with Crippen LogP contribution in [0, 0.1) is 0 Å². The van der Waals surface area contributed by atoms with E-state index in [9.17, 15) is 4.79 Å². The van der Waals surface area contributed by atoms with Crippen LogP contribution in [0.25, 0.3) is 0 Å². The Hall–Kier alpha value is -1.11. The van der Waals surface area contributed by atoms with Crippen molar-refractivity contribution < 1.29 is 14.3 Å². The molecule has 1 N–H and O–H groups in total. The third kappa shape index (κ3) is 2.68. The highest BCUT2D eigenvalue weighted by molar-refractivity contribution is 9.10. The third-order valence-corrected chi connectivity index (χ3v) is 4.39. The highest BCUT2D eigenvalue weighted by Gasteiger charge is 2.24. The first kappa shape index (κ1) is 13.9. The summed E-state index contributed by atoms with van der Waals surface area (Å²) in [7, 11) is 0. The van der Waals surface area contributed by atoms with Gasteiger partial charge in [-0.05, 0) is 28.4 Å². The number of fused-ring (bicyclic) bond motifs is 1. The first-order valence-corrected chi connectivity index (χ1v) is 7.58. The Labute approximate surface area is 126 Å². The molecule has 1 fully saturated rings. The number of rotatable bonds is 4. The molecule has 0 amide bonds. The normalized spacial score (nSPS) is 18.2. The van der Waals surface area contributed by atoms with E-state index < -0.39 is 0 Å². The zero-order valence-electron chi connectivity index (χ0n) is 11.2. The van der Waals surface area contributed by atoms with Gasteiger partial charge in [0.1, 0.15) is 0 Å². The van der Waals surface area contributed by atoms with E-state index in [0.717, 1.165) is 61.2 Å². The van der Waals surface area contributed by atoms with Gasteiger partial charge in [-0.15, -0.1) is 0 Å². The lowest BCUT2D eigenvalue weighted by Crippen LogP contribution is -2.44. The van der Waals surface area contributed by atoms with Gasteiger partial charge in [0.15, 0.2) is 17.8 Å². The number of carbonyl (C=O) groups is 1. The number of carbonyl (C=O) groups excluding carboxylic acids is 1. The summed E-state index contributed by atoms with van der Waals surface area (Å²) in [5.41, 5.74) is 1.62. The fourth-order valence-electron chi connectivity index (χ4n) is 2.63. The van der Waals surface area contributed by atoms with Crippen molar-refractivity contribution >= 4 is 22.2 Å². The molecule has 0 aliphatic carbocycles. The predicted octanol–water partition coefficient (Wildman–Crippen LogP) is 1.44. The van der Waals surface area contributed by atoms with Crippen LogP contribution in [0.3, 0.4) is 0 Å². The number of piperazine rings is 1. The molecule has 1 aromatic rings. The summed E-state index contributed by atoms with van der Waals surface area (Å²) in [5.74, 6) is 1.30. The summed E-state index contributed by atoms with van der Waals surface area (Å²) < 4.78 is 11.7. The standard InChI is InChI=1S/C14H17BrN2O3/c15-12-7-10(1-4-17-5-2-16-3-6-17)13-14(11(12)8-18)20-9-19-13/h7-8,16H,1-6,9H2. The quantitative estimate of drug-likeness (QED) is 0.840. The molecule has 3 rings (SSSR count). The maximum absolute atomic E-state index is 11.1. The molecule has 6 heteroatoms. The molecule has 0 bridgehead atoms. The molecule has 5 nitrogen and oxygen atoms in total. The van der Waals surface area contributed by atoms with Crippen molar-refractivity contribution in [2.75, 3.05) is 39.5 Å². The molecular formula is C14H17BrN2O3. The van der Waals surface area contributed by atoms with Crippen LogP contribution in [0.15, 0.2) is 10.5 Å². The summed E-state index contributed by atoms with van der Waals surface area (Å²) >= 11 is 3.44. The Morgan fingerprint density at radius 1 is 1.30 bits per heavy atom. The van der Waals surface area contributed by atoms with Gasteiger partial charge in [0.05, 0.1) is 5.56 Å². The number of hydrogen-bond acceptors (Lipinski definition) is 5. The average Bonchev–Trinajstić information content (AvgIpc) is 2.95. The molecule has 1 aromatic carbocycles. The maximum atomic E-state index is 11.1. The minimum atomic E-state index is 0.188. The molecule has 1 saturated heterocycles. The zero-order valence-corrected chi connectivity index (χ0v) is 12.7. The third-order valence-electron chi connectivity index (χ3n) is 3.73. The Balaban J connectivity index is 1.78. The average molecular weight is 341 g/mol. The highest BCUT2D eigenvalue weighted by Crippen LogP contribution is 2.42. The fraction of sp³-hybridized carbons (Fsp3) is 0.500. The van der Waals surface area contributed by atoms with Gasteiger partial charge in [-0.1, -0.05) is 0 Å². The minimum Gasteiger partial charge on any atom is -0.453 e. The van der Waals surface area contributed by atoms with Crippen LogP contribution < -0.4 is 14.8 Å². The molecule has 0 unspecified atom stereocenters. The van der Waals surface area contributed by atoms with E-state index >= 15 is 0 Å². The number of nitrogens with one attached hydrogen (secondary N) is 1. The highest BCUT2D eigenvalue weighted by atomic mass is 79.9. The van der Waals surface area contributed by atoms with Gasteiger partial charge < -0.3 is 19.7 Å². The van der Waals surface area contributed by atoms with Crippen LogP contribution in [0.2, 0.25) is 0 Å². The number of benzene rings is 1. The van der Waals surface area contributed by atoms with Crippen molar-refractivity contribution in [3.8, 4) is 11.5 Å². The molecule has 20 heavy (non-hydrogen) atoms. The summed E-state index contributed by atoms with van der Waals surface area (Å²) in [4.78, 5) is 13.6. The van der Waals surface area contributed by atoms with Crippen molar-refractivity contribution in [1.29, 1.82) is 0 Å². The number of nitrogens with zero attached hydrogens (tertiary/aromatic N) is 1. The van der Waals surface area contributed by atoms with Gasteiger partial charge in [0, 0.05) is 42.8 Å². The van der Waals surface area contributed by atoms with E-state index in [0.29, 0.717) is 11.3 Å². The lowest BCUT2D eigenvalue weighted by Gasteiger charge is -2.27. The van der Waals surface area contributed by atoms with E-state index in [1.54, 1.807) is 0 Å². The summed E-state index contributed by atoms with van der Waals surface area (Å²) in [6, 6.07) is 1.97. The molecule has 2 heterocycles. The molecule has 2 aliphatic heterocycles. The molecule has 0 radical (unpaired) electrons. The zero-order chi connectivity index (χ0) is 13.9. The fourth-order valence-corrected chi connectivity index (χ4v) is 3.18. The van der Waals surface area contributed by atoms with Crippen LogP contribution in [0.4, 0.5) is 0 Å². The van der Waals surface area contributed by atoms with Crippen LogP contribution in [0.1, 0.15) is 15.9 Å². The summed E-state index contributed by atoms with van der Waals surface area (Å²) in [6.45, 7) is 5.43. The van der Waals surface area contributed by atoms with Gasteiger partial charge in [0.2, 0.25) is 6.79 Å². The Kier molecular flexibility index (Phi) is 4.24. The lowest BCUT2D eigenvalue weighted by molar-refractivity contribution is 0.111. The monoisotopic (exact) mass is 340 g/mol. The SMILES string of the molecule is O=Cc1c(Br)cc(CCN2CCNCC2)c2c1OCO2.